The summed E-state index contributed by atoms with van der Waals surface area (Å²) in [5, 5.41) is 12.6. The topological polar surface area (TPSA) is 96.1 Å². The monoisotopic (exact) mass is 251 g/mol. The number of nitrogens with two attached hydrogens (primary N) is 1. The summed E-state index contributed by atoms with van der Waals surface area (Å²) in [7, 11) is 0. The van der Waals surface area contributed by atoms with Crippen LogP contribution >= 0.6 is 0 Å². The molecule has 6 nitrogen and oxygen atoms in total. The summed E-state index contributed by atoms with van der Waals surface area (Å²) in [6.45, 7) is 3.79. The molecule has 0 aliphatic heterocycles. The highest BCUT2D eigenvalue weighted by molar-refractivity contribution is 5.48. The van der Waals surface area contributed by atoms with Gasteiger partial charge < -0.3 is 15.8 Å². The lowest BCUT2D eigenvalue weighted by Crippen LogP contribution is -2.22. The second-order valence-electron chi connectivity index (χ2n) is 5.05. The van der Waals surface area contributed by atoms with Gasteiger partial charge in [-0.2, -0.15) is 0 Å². The molecule has 1 saturated carbocycles. The lowest BCUT2D eigenvalue weighted by atomic mass is 10.1. The molecule has 1 aliphatic carbocycles. The number of hydrogen-bond donors (Lipinski definition) is 4. The predicted molar refractivity (Wildman–Crippen MR) is 71.2 cm³/mol. The zero-order valence-corrected chi connectivity index (χ0v) is 10.8. The first-order chi connectivity index (χ1) is 8.58. The molecule has 1 fully saturated rings. The number of rotatable bonds is 6. The number of aliphatic hydroxyl groups excluding tert-OH is 1. The Kier molecular flexibility index (Phi) is 3.98. The van der Waals surface area contributed by atoms with Crippen LogP contribution in [-0.4, -0.2) is 27.2 Å². The number of hydrogen-bond acceptors (Lipinski definition) is 6. The first-order valence-corrected chi connectivity index (χ1v) is 6.38. The van der Waals surface area contributed by atoms with Crippen molar-refractivity contribution in [3.05, 3.63) is 11.9 Å². The summed E-state index contributed by atoms with van der Waals surface area (Å²) in [6, 6.07) is 1.93. The van der Waals surface area contributed by atoms with Crippen molar-refractivity contribution in [1.29, 1.82) is 0 Å². The Labute approximate surface area is 107 Å². The van der Waals surface area contributed by atoms with Crippen molar-refractivity contribution in [2.75, 3.05) is 10.7 Å². The van der Waals surface area contributed by atoms with Gasteiger partial charge in [-0.05, 0) is 33.1 Å². The quantitative estimate of drug-likeness (QED) is 0.448. The standard InChI is InChI=1S/C12H21N5O/c1-7(5-8(2)18)14-10-6-11(17-13)16-12(15-10)9-3-4-9/h6-9,18H,3-5,13H2,1-2H3,(H2,14,15,16,17). The van der Waals surface area contributed by atoms with Crippen LogP contribution in [0.1, 0.15) is 44.9 Å². The highest BCUT2D eigenvalue weighted by atomic mass is 16.3. The molecule has 1 aromatic heterocycles. The lowest BCUT2D eigenvalue weighted by molar-refractivity contribution is 0.179. The molecule has 1 aromatic rings. The van der Waals surface area contributed by atoms with Crippen molar-refractivity contribution in [2.24, 2.45) is 5.84 Å². The minimum atomic E-state index is -0.329. The molecular weight excluding hydrogens is 230 g/mol. The van der Waals surface area contributed by atoms with Gasteiger partial charge in [0.25, 0.3) is 0 Å². The molecule has 2 atom stereocenters. The molecule has 2 unspecified atom stereocenters. The van der Waals surface area contributed by atoms with E-state index in [1.807, 2.05) is 6.92 Å². The molecule has 1 heterocycles. The molecule has 6 heteroatoms. The van der Waals surface area contributed by atoms with E-state index in [0.29, 0.717) is 18.2 Å². The molecule has 0 amide bonds. The Morgan fingerprint density at radius 3 is 2.61 bits per heavy atom. The van der Waals surface area contributed by atoms with Crippen LogP contribution < -0.4 is 16.6 Å². The van der Waals surface area contributed by atoms with E-state index < -0.39 is 0 Å². The van der Waals surface area contributed by atoms with Crippen molar-refractivity contribution in [3.8, 4) is 0 Å². The highest BCUT2D eigenvalue weighted by Crippen LogP contribution is 2.38. The zero-order valence-electron chi connectivity index (χ0n) is 10.8. The number of nitrogen functional groups attached to an aromatic ring is 1. The van der Waals surface area contributed by atoms with Gasteiger partial charge in [-0.1, -0.05) is 0 Å². The number of anilines is 2. The van der Waals surface area contributed by atoms with Crippen LogP contribution in [0.3, 0.4) is 0 Å². The largest absolute Gasteiger partial charge is 0.393 e. The molecule has 18 heavy (non-hydrogen) atoms. The number of nitrogens with zero attached hydrogens (tertiary/aromatic N) is 2. The summed E-state index contributed by atoms with van der Waals surface area (Å²) in [4.78, 5) is 8.84. The van der Waals surface area contributed by atoms with Gasteiger partial charge in [-0.15, -0.1) is 0 Å². The SMILES string of the molecule is CC(O)CC(C)Nc1cc(NN)nc(C2CC2)n1. The lowest BCUT2D eigenvalue weighted by Gasteiger charge is -2.17. The minimum Gasteiger partial charge on any atom is -0.393 e. The molecule has 2 rings (SSSR count). The summed E-state index contributed by atoms with van der Waals surface area (Å²) in [5.74, 6) is 8.12. The van der Waals surface area contributed by atoms with Crippen molar-refractivity contribution in [3.63, 3.8) is 0 Å². The van der Waals surface area contributed by atoms with E-state index in [9.17, 15) is 5.11 Å². The Morgan fingerprint density at radius 2 is 2.06 bits per heavy atom. The fourth-order valence-corrected chi connectivity index (χ4v) is 1.96. The predicted octanol–water partition coefficient (Wildman–Crippen LogP) is 1.21. The molecule has 1 aliphatic rings. The third kappa shape index (κ3) is 3.54. The fourth-order valence-electron chi connectivity index (χ4n) is 1.96. The van der Waals surface area contributed by atoms with Crippen LogP contribution in [0.25, 0.3) is 0 Å². The van der Waals surface area contributed by atoms with Gasteiger partial charge in [0.15, 0.2) is 0 Å². The van der Waals surface area contributed by atoms with E-state index in [1.165, 1.54) is 0 Å². The van der Waals surface area contributed by atoms with Crippen molar-refractivity contribution in [1.82, 2.24) is 9.97 Å². The van der Waals surface area contributed by atoms with E-state index in [1.54, 1.807) is 13.0 Å². The molecule has 0 radical (unpaired) electrons. The van der Waals surface area contributed by atoms with Crippen LogP contribution in [0.2, 0.25) is 0 Å². The van der Waals surface area contributed by atoms with Gasteiger partial charge in [-0.25, -0.2) is 15.8 Å². The number of aromatic nitrogens is 2. The highest BCUT2D eigenvalue weighted by Gasteiger charge is 2.27. The molecule has 0 bridgehead atoms. The van der Waals surface area contributed by atoms with E-state index in [-0.39, 0.29) is 12.1 Å². The van der Waals surface area contributed by atoms with Gasteiger partial charge in [0.2, 0.25) is 0 Å². The molecule has 0 spiro atoms. The maximum Gasteiger partial charge on any atom is 0.145 e. The van der Waals surface area contributed by atoms with Crippen LogP contribution in [0.5, 0.6) is 0 Å². The second kappa shape index (κ2) is 5.49. The van der Waals surface area contributed by atoms with Gasteiger partial charge in [0.05, 0.1) is 6.10 Å². The van der Waals surface area contributed by atoms with Crippen LogP contribution in [0.4, 0.5) is 11.6 Å². The van der Waals surface area contributed by atoms with Gasteiger partial charge >= 0.3 is 0 Å². The first kappa shape index (κ1) is 13.0. The molecule has 100 valence electrons. The molecule has 5 N–H and O–H groups in total. The molecular formula is C12H21N5O. The maximum atomic E-state index is 9.35. The van der Waals surface area contributed by atoms with E-state index >= 15 is 0 Å². The smallest absolute Gasteiger partial charge is 0.145 e. The Balaban J connectivity index is 2.08. The summed E-state index contributed by atoms with van der Waals surface area (Å²) in [5.41, 5.74) is 2.56. The first-order valence-electron chi connectivity index (χ1n) is 6.38. The number of nitrogens with one attached hydrogen (secondary N) is 2. The van der Waals surface area contributed by atoms with Crippen molar-refractivity contribution < 1.29 is 5.11 Å². The van der Waals surface area contributed by atoms with Crippen LogP contribution in [0, 0.1) is 0 Å². The fraction of sp³-hybridized carbons (Fsp3) is 0.667. The average molecular weight is 251 g/mol. The average Bonchev–Trinajstić information content (AvgIpc) is 3.10. The maximum absolute atomic E-state index is 9.35. The summed E-state index contributed by atoms with van der Waals surface area (Å²) in [6.07, 6.45) is 2.64. The van der Waals surface area contributed by atoms with Crippen LogP contribution in [-0.2, 0) is 0 Å². The van der Waals surface area contributed by atoms with Gasteiger partial charge in [0.1, 0.15) is 17.5 Å². The summed E-state index contributed by atoms with van der Waals surface area (Å²) >= 11 is 0. The zero-order chi connectivity index (χ0) is 13.1. The number of hydrazine groups is 1. The van der Waals surface area contributed by atoms with Gasteiger partial charge in [-0.3, -0.25) is 0 Å². The number of aliphatic hydroxyl groups is 1. The summed E-state index contributed by atoms with van der Waals surface area (Å²) < 4.78 is 0. The normalized spacial score (nSPS) is 18.2. The second-order valence-corrected chi connectivity index (χ2v) is 5.05. The minimum absolute atomic E-state index is 0.151. The van der Waals surface area contributed by atoms with Crippen molar-refractivity contribution in [2.45, 2.75) is 51.2 Å². The Bertz CT molecular complexity index is 405. The third-order valence-corrected chi connectivity index (χ3v) is 2.92. The van der Waals surface area contributed by atoms with E-state index in [0.717, 1.165) is 24.5 Å². The van der Waals surface area contributed by atoms with E-state index in [2.05, 4.69) is 20.7 Å². The van der Waals surface area contributed by atoms with Crippen LogP contribution in [0.15, 0.2) is 6.07 Å². The Morgan fingerprint density at radius 1 is 1.39 bits per heavy atom. The van der Waals surface area contributed by atoms with E-state index in [4.69, 9.17) is 5.84 Å². The van der Waals surface area contributed by atoms with Gasteiger partial charge in [0, 0.05) is 18.0 Å². The molecule has 0 aromatic carbocycles. The Hall–Kier alpha value is -1.40. The molecule has 0 saturated heterocycles. The third-order valence-electron chi connectivity index (χ3n) is 2.92. The van der Waals surface area contributed by atoms with Crippen molar-refractivity contribution >= 4 is 11.6 Å².